The Labute approximate surface area is 137 Å². The third kappa shape index (κ3) is 2.80. The monoisotopic (exact) mass is 309 g/mol. The smallest absolute Gasteiger partial charge is 0.117 e. The van der Waals surface area contributed by atoms with Crippen LogP contribution in [0.3, 0.4) is 0 Å². The number of nitrogens with zero attached hydrogens (tertiary/aromatic N) is 2. The lowest BCUT2D eigenvalue weighted by atomic mass is 10.1. The Morgan fingerprint density at radius 3 is 1.78 bits per heavy atom. The second kappa shape index (κ2) is 6.22. The van der Waals surface area contributed by atoms with Gasteiger partial charge in [-0.15, -0.1) is 0 Å². The lowest BCUT2D eigenvalue weighted by Crippen LogP contribution is -2.51. The van der Waals surface area contributed by atoms with Crippen molar-refractivity contribution in [2.45, 2.75) is 24.7 Å². The van der Waals surface area contributed by atoms with Gasteiger partial charge in [0.25, 0.3) is 0 Å². The highest BCUT2D eigenvalue weighted by atomic mass is 16.3. The summed E-state index contributed by atoms with van der Waals surface area (Å²) in [7, 11) is 0. The predicted octanol–water partition coefficient (Wildman–Crippen LogP) is 2.06. The van der Waals surface area contributed by atoms with Crippen molar-refractivity contribution in [3.05, 3.63) is 60.7 Å². The van der Waals surface area contributed by atoms with Crippen LogP contribution in [-0.4, -0.2) is 43.1 Å². The summed E-state index contributed by atoms with van der Waals surface area (Å²) < 4.78 is 0. The van der Waals surface area contributed by atoms with E-state index in [2.05, 4.69) is 75.8 Å². The number of hydrogen-bond donors (Lipinski definition) is 2. The fourth-order valence-corrected chi connectivity index (χ4v) is 3.86. The zero-order valence-electron chi connectivity index (χ0n) is 13.2. The quantitative estimate of drug-likeness (QED) is 0.910. The molecule has 120 valence electrons. The van der Waals surface area contributed by atoms with Crippen LogP contribution in [0.4, 0.5) is 11.4 Å². The van der Waals surface area contributed by atoms with Crippen LogP contribution >= 0.6 is 0 Å². The van der Waals surface area contributed by atoms with Crippen molar-refractivity contribution in [1.29, 1.82) is 0 Å². The number of aliphatic hydroxyl groups excluding tert-OH is 1. The average molecular weight is 309 g/mol. The molecule has 0 unspecified atom stereocenters. The first kappa shape index (κ1) is 14.5. The van der Waals surface area contributed by atoms with E-state index in [-0.39, 0.29) is 18.3 Å². The van der Waals surface area contributed by atoms with Crippen molar-refractivity contribution >= 4 is 11.4 Å². The van der Waals surface area contributed by atoms with Crippen LogP contribution in [0, 0.1) is 0 Å². The van der Waals surface area contributed by atoms with E-state index in [1.54, 1.807) is 0 Å². The van der Waals surface area contributed by atoms with E-state index in [0.29, 0.717) is 6.54 Å². The summed E-state index contributed by atoms with van der Waals surface area (Å²) in [6, 6.07) is 21.4. The van der Waals surface area contributed by atoms with Crippen molar-refractivity contribution in [3.8, 4) is 0 Å². The number of β-amino-alcohol motifs (C(OH)–C–C–N with tert-alkyl or cyclic N) is 1. The third-order valence-electron chi connectivity index (χ3n) is 4.90. The Morgan fingerprint density at radius 1 is 0.826 bits per heavy atom. The number of hydrogen-bond acceptors (Lipinski definition) is 4. The van der Waals surface area contributed by atoms with Gasteiger partial charge in [-0.3, -0.25) is 0 Å². The molecule has 4 rings (SSSR count). The van der Waals surface area contributed by atoms with Crippen LogP contribution in [0.2, 0.25) is 0 Å². The van der Waals surface area contributed by atoms with Gasteiger partial charge < -0.3 is 20.2 Å². The van der Waals surface area contributed by atoms with E-state index in [0.717, 1.165) is 19.5 Å². The molecule has 2 N–H and O–H groups in total. The van der Waals surface area contributed by atoms with E-state index < -0.39 is 0 Å². The zero-order valence-corrected chi connectivity index (χ0v) is 13.2. The average Bonchev–Trinajstić information content (AvgIpc) is 3.22. The van der Waals surface area contributed by atoms with Gasteiger partial charge in [-0.2, -0.15) is 0 Å². The SMILES string of the molecule is O[C@H]1CN[C@H](C2N(c3ccccc3)CCN2c2ccccc2)C1. The molecule has 2 heterocycles. The highest BCUT2D eigenvalue weighted by Gasteiger charge is 2.41. The maximum Gasteiger partial charge on any atom is 0.117 e. The van der Waals surface area contributed by atoms with Gasteiger partial charge in [0.2, 0.25) is 0 Å². The van der Waals surface area contributed by atoms with Gasteiger partial charge in [0, 0.05) is 37.1 Å². The second-order valence-corrected chi connectivity index (χ2v) is 6.38. The minimum atomic E-state index is -0.240. The molecule has 0 radical (unpaired) electrons. The van der Waals surface area contributed by atoms with E-state index in [9.17, 15) is 5.11 Å². The molecule has 0 spiro atoms. The van der Waals surface area contributed by atoms with Gasteiger partial charge in [-0.25, -0.2) is 0 Å². The van der Waals surface area contributed by atoms with Crippen LogP contribution in [0.1, 0.15) is 6.42 Å². The first-order valence-corrected chi connectivity index (χ1v) is 8.38. The first-order chi connectivity index (χ1) is 11.3. The highest BCUT2D eigenvalue weighted by Crippen LogP contribution is 2.32. The van der Waals surface area contributed by atoms with Gasteiger partial charge in [0.15, 0.2) is 0 Å². The predicted molar refractivity (Wildman–Crippen MR) is 93.8 cm³/mol. The lowest BCUT2D eigenvalue weighted by Gasteiger charge is -2.37. The standard InChI is InChI=1S/C19H23N3O/c23-17-13-18(20-14-17)19-21(15-7-3-1-4-8-15)11-12-22(19)16-9-5-2-6-10-16/h1-10,17-20,23H,11-14H2/t17-,18+/m1/s1. The summed E-state index contributed by atoms with van der Waals surface area (Å²) in [6.07, 6.45) is 0.796. The summed E-state index contributed by atoms with van der Waals surface area (Å²) in [4.78, 5) is 4.92. The molecule has 2 fully saturated rings. The van der Waals surface area contributed by atoms with Crippen LogP contribution in [0.15, 0.2) is 60.7 Å². The van der Waals surface area contributed by atoms with E-state index in [1.165, 1.54) is 11.4 Å². The Bertz CT molecular complexity index is 586. The number of anilines is 2. The van der Waals surface area contributed by atoms with Crippen molar-refractivity contribution in [1.82, 2.24) is 5.32 Å². The van der Waals surface area contributed by atoms with Gasteiger partial charge in [0.05, 0.1) is 6.10 Å². The largest absolute Gasteiger partial charge is 0.392 e. The summed E-state index contributed by atoms with van der Waals surface area (Å²) in [5.74, 6) is 0. The number of benzene rings is 2. The van der Waals surface area contributed by atoms with Gasteiger partial charge in [0.1, 0.15) is 6.17 Å². The minimum absolute atomic E-state index is 0.233. The molecule has 23 heavy (non-hydrogen) atoms. The second-order valence-electron chi connectivity index (χ2n) is 6.38. The summed E-state index contributed by atoms with van der Waals surface area (Å²) >= 11 is 0. The van der Waals surface area contributed by atoms with Crippen molar-refractivity contribution in [2.24, 2.45) is 0 Å². The Balaban J connectivity index is 1.67. The van der Waals surface area contributed by atoms with Crippen molar-refractivity contribution in [3.63, 3.8) is 0 Å². The fourth-order valence-electron chi connectivity index (χ4n) is 3.86. The molecule has 4 heteroatoms. The maximum absolute atomic E-state index is 9.97. The molecule has 0 aliphatic carbocycles. The summed E-state index contributed by atoms with van der Waals surface area (Å²) in [6.45, 7) is 2.68. The fraction of sp³-hybridized carbons (Fsp3) is 0.368. The molecule has 2 aromatic carbocycles. The molecule has 4 nitrogen and oxygen atoms in total. The molecule has 0 aromatic heterocycles. The van der Waals surface area contributed by atoms with E-state index in [4.69, 9.17) is 0 Å². The molecule has 0 amide bonds. The first-order valence-electron chi connectivity index (χ1n) is 8.38. The lowest BCUT2D eigenvalue weighted by molar-refractivity contribution is 0.192. The molecule has 2 aliphatic heterocycles. The zero-order chi connectivity index (χ0) is 15.6. The number of rotatable bonds is 3. The van der Waals surface area contributed by atoms with Crippen LogP contribution < -0.4 is 15.1 Å². The highest BCUT2D eigenvalue weighted by molar-refractivity contribution is 5.57. The molecule has 0 saturated carbocycles. The van der Waals surface area contributed by atoms with Gasteiger partial charge in [-0.05, 0) is 30.7 Å². The molecular formula is C19H23N3O. The summed E-state index contributed by atoms with van der Waals surface area (Å²) in [5.41, 5.74) is 2.50. The normalized spacial score (nSPS) is 25.3. The Kier molecular flexibility index (Phi) is 3.93. The molecule has 2 atom stereocenters. The Hall–Kier alpha value is -2.04. The Morgan fingerprint density at radius 2 is 1.35 bits per heavy atom. The van der Waals surface area contributed by atoms with Crippen molar-refractivity contribution < 1.29 is 5.11 Å². The van der Waals surface area contributed by atoms with Crippen LogP contribution in [0.5, 0.6) is 0 Å². The third-order valence-corrected chi connectivity index (χ3v) is 4.90. The number of para-hydroxylation sites is 2. The van der Waals surface area contributed by atoms with E-state index in [1.807, 2.05) is 0 Å². The number of nitrogens with one attached hydrogen (secondary N) is 1. The van der Waals surface area contributed by atoms with Gasteiger partial charge in [-0.1, -0.05) is 36.4 Å². The maximum atomic E-state index is 9.97. The molecule has 0 bridgehead atoms. The topological polar surface area (TPSA) is 38.7 Å². The molecule has 2 aliphatic rings. The minimum Gasteiger partial charge on any atom is -0.392 e. The van der Waals surface area contributed by atoms with Crippen LogP contribution in [0.25, 0.3) is 0 Å². The van der Waals surface area contributed by atoms with Crippen LogP contribution in [-0.2, 0) is 0 Å². The van der Waals surface area contributed by atoms with Gasteiger partial charge >= 0.3 is 0 Å². The number of aliphatic hydroxyl groups is 1. The van der Waals surface area contributed by atoms with E-state index >= 15 is 0 Å². The molecule has 2 saturated heterocycles. The summed E-state index contributed by atoms with van der Waals surface area (Å²) in [5, 5.41) is 13.5. The molecule has 2 aromatic rings. The molecular weight excluding hydrogens is 286 g/mol. The van der Waals surface area contributed by atoms with Crippen molar-refractivity contribution in [2.75, 3.05) is 29.4 Å².